The topological polar surface area (TPSA) is 61.2 Å². The van der Waals surface area contributed by atoms with Gasteiger partial charge in [-0.2, -0.15) is 9.57 Å². The van der Waals surface area contributed by atoms with Gasteiger partial charge in [0, 0.05) is 19.5 Å². The first-order valence-electron chi connectivity index (χ1n) is 4.65. The SMILES string of the molecule is CN(CCCl)S(=O)(=O)c1ccc(F)c(C#N)c1. The van der Waals surface area contributed by atoms with Gasteiger partial charge in [0.15, 0.2) is 0 Å². The number of nitriles is 1. The van der Waals surface area contributed by atoms with Crippen LogP contribution in [0.1, 0.15) is 5.56 Å². The molecule has 0 saturated carbocycles. The molecule has 0 N–H and O–H groups in total. The van der Waals surface area contributed by atoms with Gasteiger partial charge in [-0.1, -0.05) is 0 Å². The first-order valence-corrected chi connectivity index (χ1v) is 6.63. The molecule has 0 amide bonds. The van der Waals surface area contributed by atoms with Gasteiger partial charge < -0.3 is 0 Å². The van der Waals surface area contributed by atoms with E-state index in [-0.39, 0.29) is 22.9 Å². The summed E-state index contributed by atoms with van der Waals surface area (Å²) < 4.78 is 38.0. The van der Waals surface area contributed by atoms with Crippen LogP contribution in [0.2, 0.25) is 0 Å². The maximum absolute atomic E-state index is 13.1. The molecular weight excluding hydrogens is 267 g/mol. The van der Waals surface area contributed by atoms with Crippen molar-refractivity contribution in [1.82, 2.24) is 4.31 Å². The lowest BCUT2D eigenvalue weighted by atomic mass is 10.2. The van der Waals surface area contributed by atoms with Crippen molar-refractivity contribution in [2.75, 3.05) is 19.5 Å². The zero-order valence-electron chi connectivity index (χ0n) is 9.02. The number of nitrogens with zero attached hydrogens (tertiary/aromatic N) is 2. The zero-order valence-corrected chi connectivity index (χ0v) is 10.6. The van der Waals surface area contributed by atoms with Crippen LogP contribution in [0.3, 0.4) is 0 Å². The van der Waals surface area contributed by atoms with Gasteiger partial charge in [0.05, 0.1) is 10.5 Å². The van der Waals surface area contributed by atoms with Crippen molar-refractivity contribution in [3.05, 3.63) is 29.6 Å². The van der Waals surface area contributed by atoms with Crippen molar-refractivity contribution in [1.29, 1.82) is 5.26 Å². The van der Waals surface area contributed by atoms with Crippen LogP contribution in [0.4, 0.5) is 4.39 Å². The molecule has 0 aliphatic carbocycles. The molecule has 4 nitrogen and oxygen atoms in total. The monoisotopic (exact) mass is 276 g/mol. The normalized spacial score (nSPS) is 11.5. The summed E-state index contributed by atoms with van der Waals surface area (Å²) in [6.07, 6.45) is 0. The van der Waals surface area contributed by atoms with E-state index in [0.717, 1.165) is 22.5 Å². The van der Waals surface area contributed by atoms with Crippen LogP contribution in [0, 0.1) is 17.1 Å². The van der Waals surface area contributed by atoms with E-state index in [0.29, 0.717) is 0 Å². The van der Waals surface area contributed by atoms with Crippen LogP contribution < -0.4 is 0 Å². The molecule has 0 bridgehead atoms. The van der Waals surface area contributed by atoms with Crippen LogP contribution in [0.25, 0.3) is 0 Å². The number of sulfonamides is 1. The molecular formula is C10H10ClFN2O2S. The van der Waals surface area contributed by atoms with Crippen LogP contribution in [-0.2, 0) is 10.0 Å². The van der Waals surface area contributed by atoms with Gasteiger partial charge in [0.2, 0.25) is 10.0 Å². The summed E-state index contributed by atoms with van der Waals surface area (Å²) in [5, 5.41) is 8.63. The Bertz CT molecular complexity index is 554. The van der Waals surface area contributed by atoms with Crippen LogP contribution in [0.15, 0.2) is 23.1 Å². The molecule has 0 aliphatic heterocycles. The van der Waals surface area contributed by atoms with Crippen molar-refractivity contribution in [2.24, 2.45) is 0 Å². The Kier molecular flexibility index (Phi) is 4.46. The van der Waals surface area contributed by atoms with Crippen LogP contribution >= 0.6 is 11.6 Å². The predicted octanol–water partition coefficient (Wildman–Crippen LogP) is 1.56. The molecule has 0 radical (unpaired) electrons. The Hall–Kier alpha value is -1.16. The van der Waals surface area contributed by atoms with E-state index in [1.807, 2.05) is 0 Å². The molecule has 1 aromatic rings. The molecule has 0 aromatic heterocycles. The van der Waals surface area contributed by atoms with Crippen LogP contribution in [0.5, 0.6) is 0 Å². The Balaban J connectivity index is 3.21. The van der Waals surface area contributed by atoms with E-state index < -0.39 is 15.8 Å². The average molecular weight is 277 g/mol. The molecule has 0 saturated heterocycles. The van der Waals surface area contributed by atoms with Crippen molar-refractivity contribution < 1.29 is 12.8 Å². The second-order valence-electron chi connectivity index (χ2n) is 3.27. The molecule has 92 valence electrons. The minimum absolute atomic E-state index is 0.122. The quantitative estimate of drug-likeness (QED) is 0.784. The number of benzene rings is 1. The first-order chi connectivity index (χ1) is 7.93. The third-order valence-electron chi connectivity index (χ3n) is 2.17. The van der Waals surface area contributed by atoms with E-state index in [1.54, 1.807) is 6.07 Å². The minimum Gasteiger partial charge on any atom is -0.207 e. The number of rotatable bonds is 4. The second kappa shape index (κ2) is 5.45. The van der Waals surface area contributed by atoms with Crippen molar-refractivity contribution in [2.45, 2.75) is 4.90 Å². The smallest absolute Gasteiger partial charge is 0.207 e. The molecule has 1 rings (SSSR count). The average Bonchev–Trinajstić information content (AvgIpc) is 2.29. The van der Waals surface area contributed by atoms with Crippen LogP contribution in [-0.4, -0.2) is 32.2 Å². The summed E-state index contributed by atoms with van der Waals surface area (Å²) in [5.41, 5.74) is -0.301. The second-order valence-corrected chi connectivity index (χ2v) is 5.69. The minimum atomic E-state index is -3.72. The Morgan fingerprint density at radius 3 is 2.71 bits per heavy atom. The number of alkyl halides is 1. The van der Waals surface area contributed by atoms with Gasteiger partial charge in [-0.25, -0.2) is 12.8 Å². The fourth-order valence-corrected chi connectivity index (χ4v) is 2.72. The third kappa shape index (κ3) is 2.94. The third-order valence-corrected chi connectivity index (χ3v) is 4.19. The summed E-state index contributed by atoms with van der Waals surface area (Å²) in [6, 6.07) is 4.68. The number of hydrogen-bond acceptors (Lipinski definition) is 3. The lowest BCUT2D eigenvalue weighted by molar-refractivity contribution is 0.487. The fourth-order valence-electron chi connectivity index (χ4n) is 1.17. The highest BCUT2D eigenvalue weighted by Crippen LogP contribution is 2.17. The molecule has 0 fully saturated rings. The maximum Gasteiger partial charge on any atom is 0.242 e. The largest absolute Gasteiger partial charge is 0.242 e. The predicted molar refractivity (Wildman–Crippen MR) is 61.7 cm³/mol. The molecule has 0 spiro atoms. The molecule has 0 unspecified atom stereocenters. The number of hydrogen-bond donors (Lipinski definition) is 0. The Labute approximate surface area is 104 Å². The molecule has 0 atom stereocenters. The fraction of sp³-hybridized carbons (Fsp3) is 0.300. The van der Waals surface area contributed by atoms with Crippen molar-refractivity contribution in [3.8, 4) is 6.07 Å². The zero-order chi connectivity index (χ0) is 13.1. The molecule has 0 aliphatic rings. The Morgan fingerprint density at radius 2 is 2.18 bits per heavy atom. The molecule has 17 heavy (non-hydrogen) atoms. The first kappa shape index (κ1) is 13.9. The Morgan fingerprint density at radius 1 is 1.53 bits per heavy atom. The summed E-state index contributed by atoms with van der Waals surface area (Å²) in [7, 11) is -2.35. The van der Waals surface area contributed by atoms with E-state index >= 15 is 0 Å². The highest BCUT2D eigenvalue weighted by molar-refractivity contribution is 7.89. The molecule has 7 heteroatoms. The van der Waals surface area contributed by atoms with Gasteiger partial charge in [-0.15, -0.1) is 11.6 Å². The van der Waals surface area contributed by atoms with E-state index in [2.05, 4.69) is 0 Å². The highest BCUT2D eigenvalue weighted by atomic mass is 35.5. The standard InChI is InChI=1S/C10H10ClFN2O2S/c1-14(5-4-11)17(15,16)9-2-3-10(12)8(6-9)7-13/h2-3,6H,4-5H2,1H3. The number of halogens is 2. The van der Waals surface area contributed by atoms with Gasteiger partial charge >= 0.3 is 0 Å². The molecule has 0 heterocycles. The van der Waals surface area contributed by atoms with Crippen molar-refractivity contribution >= 4 is 21.6 Å². The van der Waals surface area contributed by atoms with E-state index in [4.69, 9.17) is 16.9 Å². The van der Waals surface area contributed by atoms with Gasteiger partial charge in [-0.3, -0.25) is 0 Å². The summed E-state index contributed by atoms with van der Waals surface area (Å²) in [6.45, 7) is 0.142. The highest BCUT2D eigenvalue weighted by Gasteiger charge is 2.21. The summed E-state index contributed by atoms with van der Waals surface area (Å²) in [4.78, 5) is -0.122. The van der Waals surface area contributed by atoms with E-state index in [1.165, 1.54) is 7.05 Å². The molecule has 1 aromatic carbocycles. The lowest BCUT2D eigenvalue weighted by Crippen LogP contribution is -2.28. The van der Waals surface area contributed by atoms with Crippen molar-refractivity contribution in [3.63, 3.8) is 0 Å². The summed E-state index contributed by atoms with van der Waals surface area (Å²) in [5.74, 6) is -0.589. The van der Waals surface area contributed by atoms with Gasteiger partial charge in [0.1, 0.15) is 11.9 Å². The van der Waals surface area contributed by atoms with Gasteiger partial charge in [-0.05, 0) is 18.2 Å². The maximum atomic E-state index is 13.1. The van der Waals surface area contributed by atoms with Gasteiger partial charge in [0.25, 0.3) is 0 Å². The summed E-state index contributed by atoms with van der Waals surface area (Å²) >= 11 is 5.46. The lowest BCUT2D eigenvalue weighted by Gasteiger charge is -2.15. The van der Waals surface area contributed by atoms with E-state index in [9.17, 15) is 12.8 Å².